The van der Waals surface area contributed by atoms with Crippen molar-refractivity contribution in [3.63, 3.8) is 0 Å². The van der Waals surface area contributed by atoms with Crippen molar-refractivity contribution in [2.45, 2.75) is 32.8 Å². The molecule has 0 spiro atoms. The summed E-state index contributed by atoms with van der Waals surface area (Å²) in [7, 11) is 0. The smallest absolute Gasteiger partial charge is 0.124 e. The lowest BCUT2D eigenvalue weighted by Crippen LogP contribution is -2.02. The largest absolute Gasteiger partial charge is 0.393 e. The Labute approximate surface area is 85.6 Å². The Balaban J connectivity index is 2.34. The molecule has 0 fully saturated rings. The van der Waals surface area contributed by atoms with Crippen LogP contribution in [0.25, 0.3) is 0 Å². The summed E-state index contributed by atoms with van der Waals surface area (Å²) >= 11 is 0. The van der Waals surface area contributed by atoms with E-state index in [4.69, 9.17) is 4.84 Å². The molecule has 76 valence electrons. The molecule has 0 N–H and O–H groups in total. The minimum absolute atomic E-state index is 0.208. The maximum absolute atomic E-state index is 5.26. The van der Waals surface area contributed by atoms with Gasteiger partial charge in [-0.05, 0) is 18.9 Å². The van der Waals surface area contributed by atoms with E-state index >= 15 is 0 Å². The zero-order valence-corrected chi connectivity index (χ0v) is 8.81. The van der Waals surface area contributed by atoms with Crippen LogP contribution in [-0.2, 0) is 4.84 Å². The fraction of sp³-hybridized carbons (Fsp3) is 0.417. The predicted molar refractivity (Wildman–Crippen MR) is 59.5 cm³/mol. The molecule has 0 aliphatic carbocycles. The first-order valence-electron chi connectivity index (χ1n) is 5.07. The molecule has 14 heavy (non-hydrogen) atoms. The molecule has 0 aromatic heterocycles. The maximum Gasteiger partial charge on any atom is 0.124 e. The predicted octanol–water partition coefficient (Wildman–Crippen LogP) is 3.23. The van der Waals surface area contributed by atoms with Crippen molar-refractivity contribution in [1.29, 1.82) is 0 Å². The highest BCUT2D eigenvalue weighted by Crippen LogP contribution is 2.01. The highest BCUT2D eigenvalue weighted by Gasteiger charge is 1.97. The van der Waals surface area contributed by atoms with E-state index < -0.39 is 0 Å². The average Bonchev–Trinajstić information content (AvgIpc) is 2.20. The summed E-state index contributed by atoms with van der Waals surface area (Å²) in [5, 5.41) is 3.94. The first-order valence-corrected chi connectivity index (χ1v) is 5.07. The van der Waals surface area contributed by atoms with Gasteiger partial charge in [-0.1, -0.05) is 48.8 Å². The Morgan fingerprint density at radius 3 is 2.71 bits per heavy atom. The van der Waals surface area contributed by atoms with Crippen molar-refractivity contribution in [2.75, 3.05) is 0 Å². The van der Waals surface area contributed by atoms with Crippen LogP contribution in [-0.4, -0.2) is 12.3 Å². The Bertz CT molecular complexity index is 269. The minimum Gasteiger partial charge on any atom is -0.393 e. The molecular formula is C12H17NO. The lowest BCUT2D eigenvalue weighted by atomic mass is 10.2. The molecule has 0 bridgehead atoms. The van der Waals surface area contributed by atoms with E-state index in [0.717, 1.165) is 18.4 Å². The number of hydrogen-bond donors (Lipinski definition) is 0. The number of nitrogens with zero attached hydrogens (tertiary/aromatic N) is 1. The van der Waals surface area contributed by atoms with Gasteiger partial charge in [0.05, 0.1) is 6.21 Å². The molecule has 0 amide bonds. The Morgan fingerprint density at radius 2 is 2.07 bits per heavy atom. The Kier molecular flexibility index (Phi) is 4.76. The molecule has 1 unspecified atom stereocenters. The summed E-state index contributed by atoms with van der Waals surface area (Å²) in [5.41, 5.74) is 1.07. The Morgan fingerprint density at radius 1 is 1.36 bits per heavy atom. The lowest BCUT2D eigenvalue weighted by Gasteiger charge is -2.06. The van der Waals surface area contributed by atoms with Crippen LogP contribution in [0.15, 0.2) is 35.5 Å². The molecule has 1 aromatic rings. The standard InChI is InChI=1S/C12H17NO/c1-3-7-11(2)14-13-10-12-8-5-4-6-9-12/h4-6,8-11H,3,7H2,1-2H3/b13-10+. The van der Waals surface area contributed by atoms with Gasteiger partial charge in [-0.2, -0.15) is 0 Å². The zero-order chi connectivity index (χ0) is 10.2. The molecular weight excluding hydrogens is 174 g/mol. The third-order valence-corrected chi connectivity index (χ3v) is 1.94. The van der Waals surface area contributed by atoms with E-state index in [1.807, 2.05) is 37.3 Å². The van der Waals surface area contributed by atoms with Crippen LogP contribution in [0.4, 0.5) is 0 Å². The highest BCUT2D eigenvalue weighted by molar-refractivity contribution is 5.78. The van der Waals surface area contributed by atoms with Crippen molar-refractivity contribution in [2.24, 2.45) is 5.16 Å². The van der Waals surface area contributed by atoms with Crippen LogP contribution in [0.3, 0.4) is 0 Å². The second-order valence-electron chi connectivity index (χ2n) is 3.35. The van der Waals surface area contributed by atoms with E-state index in [2.05, 4.69) is 12.1 Å². The molecule has 2 nitrogen and oxygen atoms in total. The van der Waals surface area contributed by atoms with E-state index in [9.17, 15) is 0 Å². The molecule has 0 heterocycles. The third kappa shape index (κ3) is 4.08. The van der Waals surface area contributed by atoms with Gasteiger partial charge in [0.25, 0.3) is 0 Å². The average molecular weight is 191 g/mol. The molecule has 0 saturated heterocycles. The normalized spacial score (nSPS) is 13.0. The summed E-state index contributed by atoms with van der Waals surface area (Å²) in [6, 6.07) is 9.94. The molecule has 0 radical (unpaired) electrons. The summed E-state index contributed by atoms with van der Waals surface area (Å²) in [5.74, 6) is 0. The van der Waals surface area contributed by atoms with Crippen LogP contribution in [0.5, 0.6) is 0 Å². The third-order valence-electron chi connectivity index (χ3n) is 1.94. The number of hydrogen-bond acceptors (Lipinski definition) is 2. The molecule has 1 aromatic carbocycles. The van der Waals surface area contributed by atoms with Gasteiger partial charge >= 0.3 is 0 Å². The summed E-state index contributed by atoms with van der Waals surface area (Å²) in [6.07, 6.45) is 4.13. The molecule has 0 saturated carbocycles. The molecule has 2 heteroatoms. The zero-order valence-electron chi connectivity index (χ0n) is 8.81. The summed E-state index contributed by atoms with van der Waals surface area (Å²) in [4.78, 5) is 5.26. The molecule has 0 aliphatic rings. The summed E-state index contributed by atoms with van der Waals surface area (Å²) < 4.78 is 0. The first-order chi connectivity index (χ1) is 6.83. The van der Waals surface area contributed by atoms with Crippen LogP contribution < -0.4 is 0 Å². The SMILES string of the molecule is CCCC(C)O/N=C/c1ccccc1. The number of oxime groups is 1. The molecule has 1 rings (SSSR count). The highest BCUT2D eigenvalue weighted by atomic mass is 16.6. The van der Waals surface area contributed by atoms with Gasteiger partial charge in [0.15, 0.2) is 0 Å². The fourth-order valence-corrected chi connectivity index (χ4v) is 1.19. The topological polar surface area (TPSA) is 21.6 Å². The van der Waals surface area contributed by atoms with E-state index in [-0.39, 0.29) is 6.10 Å². The van der Waals surface area contributed by atoms with E-state index in [1.54, 1.807) is 6.21 Å². The Hall–Kier alpha value is -1.31. The van der Waals surface area contributed by atoms with Gasteiger partial charge in [0.1, 0.15) is 6.10 Å². The maximum atomic E-state index is 5.26. The van der Waals surface area contributed by atoms with Gasteiger partial charge in [-0.15, -0.1) is 0 Å². The van der Waals surface area contributed by atoms with Crippen molar-refractivity contribution in [3.8, 4) is 0 Å². The van der Waals surface area contributed by atoms with Crippen LogP contribution in [0.2, 0.25) is 0 Å². The van der Waals surface area contributed by atoms with Crippen molar-refractivity contribution in [3.05, 3.63) is 35.9 Å². The molecule has 0 aliphatic heterocycles. The lowest BCUT2D eigenvalue weighted by molar-refractivity contribution is 0.0671. The summed E-state index contributed by atoms with van der Waals surface area (Å²) in [6.45, 7) is 4.17. The first kappa shape index (κ1) is 10.8. The monoisotopic (exact) mass is 191 g/mol. The van der Waals surface area contributed by atoms with E-state index in [1.165, 1.54) is 0 Å². The van der Waals surface area contributed by atoms with E-state index in [0.29, 0.717) is 0 Å². The number of benzene rings is 1. The van der Waals surface area contributed by atoms with Crippen LogP contribution in [0.1, 0.15) is 32.3 Å². The van der Waals surface area contributed by atoms with Gasteiger partial charge in [0, 0.05) is 0 Å². The van der Waals surface area contributed by atoms with Crippen LogP contribution >= 0.6 is 0 Å². The fourth-order valence-electron chi connectivity index (χ4n) is 1.19. The van der Waals surface area contributed by atoms with Crippen LogP contribution in [0, 0.1) is 0 Å². The van der Waals surface area contributed by atoms with Crippen molar-refractivity contribution < 1.29 is 4.84 Å². The second kappa shape index (κ2) is 6.19. The van der Waals surface area contributed by atoms with Gasteiger partial charge < -0.3 is 4.84 Å². The second-order valence-corrected chi connectivity index (χ2v) is 3.35. The van der Waals surface area contributed by atoms with Crippen molar-refractivity contribution >= 4 is 6.21 Å². The molecule has 1 atom stereocenters. The van der Waals surface area contributed by atoms with Gasteiger partial charge in [-0.3, -0.25) is 0 Å². The van der Waals surface area contributed by atoms with Crippen molar-refractivity contribution in [1.82, 2.24) is 0 Å². The quantitative estimate of drug-likeness (QED) is 0.517. The minimum atomic E-state index is 0.208. The van der Waals surface area contributed by atoms with Gasteiger partial charge in [0.2, 0.25) is 0 Å². The van der Waals surface area contributed by atoms with Gasteiger partial charge in [-0.25, -0.2) is 0 Å². The number of rotatable bonds is 5.